The van der Waals surface area contributed by atoms with Crippen molar-refractivity contribution >= 4 is 17.4 Å². The Labute approximate surface area is 176 Å². The topological polar surface area (TPSA) is 65.6 Å². The number of para-hydroxylation sites is 1. The number of ether oxygens (including phenoxy) is 1. The molecule has 4 rings (SSSR count). The number of likely N-dealkylation sites (N-methyl/N-ethyl adjacent to an activating group) is 1. The highest BCUT2D eigenvalue weighted by molar-refractivity contribution is 6.02. The highest BCUT2D eigenvalue weighted by Gasteiger charge is 2.22. The summed E-state index contributed by atoms with van der Waals surface area (Å²) in [6, 6.07) is 18.9. The maximum absolute atomic E-state index is 12.7. The smallest absolute Gasteiger partial charge is 0.270 e. The minimum atomic E-state index is -0.0427. The number of nitrogens with zero attached hydrogens (tertiary/aromatic N) is 2. The molecule has 1 fully saturated rings. The molecule has 0 radical (unpaired) electrons. The minimum Gasteiger partial charge on any atom is -0.457 e. The van der Waals surface area contributed by atoms with E-state index in [4.69, 9.17) is 4.74 Å². The van der Waals surface area contributed by atoms with Crippen molar-refractivity contribution in [3.8, 4) is 11.5 Å². The summed E-state index contributed by atoms with van der Waals surface area (Å²) >= 11 is 0. The van der Waals surface area contributed by atoms with Crippen LogP contribution in [0, 0.1) is 0 Å². The summed E-state index contributed by atoms with van der Waals surface area (Å²) in [7, 11) is 1.87. The van der Waals surface area contributed by atoms with Crippen molar-refractivity contribution in [2.75, 3.05) is 31.6 Å². The molecule has 6 heteroatoms. The molecular weight excluding hydrogens is 378 g/mol. The van der Waals surface area contributed by atoms with E-state index in [-0.39, 0.29) is 18.2 Å². The lowest BCUT2D eigenvalue weighted by molar-refractivity contribution is 0.0787. The lowest BCUT2D eigenvalue weighted by Crippen LogP contribution is -2.28. The quantitative estimate of drug-likeness (QED) is 0.595. The Morgan fingerprint density at radius 1 is 1.00 bits per heavy atom. The number of carbonyl (C=O) groups excluding carboxylic acids is 2. The molecule has 0 spiro atoms. The lowest BCUT2D eigenvalue weighted by Gasteiger charge is -2.18. The third-order valence-corrected chi connectivity index (χ3v) is 5.27. The van der Waals surface area contributed by atoms with Gasteiger partial charge in [0.15, 0.2) is 5.78 Å². The Morgan fingerprint density at radius 3 is 2.37 bits per heavy atom. The average Bonchev–Trinajstić information content (AvgIpc) is 3.47. The molecule has 6 nitrogen and oxygen atoms in total. The van der Waals surface area contributed by atoms with Crippen LogP contribution >= 0.6 is 0 Å². The molecule has 1 aliphatic heterocycles. The van der Waals surface area contributed by atoms with Crippen molar-refractivity contribution in [3.63, 3.8) is 0 Å². The molecule has 1 saturated heterocycles. The van der Waals surface area contributed by atoms with Crippen LogP contribution < -0.4 is 9.64 Å². The predicted octanol–water partition coefficient (Wildman–Crippen LogP) is 4.36. The van der Waals surface area contributed by atoms with Gasteiger partial charge in [-0.05, 0) is 55.3 Å². The number of likely N-dealkylation sites (tertiary alicyclic amines) is 1. The van der Waals surface area contributed by atoms with Gasteiger partial charge in [-0.1, -0.05) is 18.2 Å². The second kappa shape index (κ2) is 8.86. The van der Waals surface area contributed by atoms with E-state index in [2.05, 4.69) is 4.98 Å². The monoisotopic (exact) mass is 403 g/mol. The molecule has 0 aliphatic carbocycles. The molecule has 154 valence electrons. The van der Waals surface area contributed by atoms with E-state index < -0.39 is 0 Å². The summed E-state index contributed by atoms with van der Waals surface area (Å²) in [6.07, 6.45) is 3.70. The first-order valence-electron chi connectivity index (χ1n) is 10.1. The van der Waals surface area contributed by atoms with E-state index in [0.29, 0.717) is 11.3 Å². The fraction of sp³-hybridized carbons (Fsp3) is 0.250. The van der Waals surface area contributed by atoms with Gasteiger partial charge in [0.25, 0.3) is 5.91 Å². The van der Waals surface area contributed by atoms with Crippen molar-refractivity contribution in [1.29, 1.82) is 0 Å². The van der Waals surface area contributed by atoms with Gasteiger partial charge >= 0.3 is 0 Å². The molecule has 0 atom stereocenters. The zero-order valence-electron chi connectivity index (χ0n) is 17.0. The van der Waals surface area contributed by atoms with Crippen LogP contribution in [-0.4, -0.2) is 48.3 Å². The van der Waals surface area contributed by atoms with Crippen LogP contribution in [0.4, 0.5) is 5.69 Å². The van der Waals surface area contributed by atoms with Gasteiger partial charge in [-0.3, -0.25) is 9.59 Å². The Morgan fingerprint density at radius 2 is 1.67 bits per heavy atom. The second-order valence-corrected chi connectivity index (χ2v) is 7.49. The Hall–Kier alpha value is -3.54. The normalized spacial score (nSPS) is 13.3. The van der Waals surface area contributed by atoms with Crippen LogP contribution in [0.3, 0.4) is 0 Å². The van der Waals surface area contributed by atoms with Gasteiger partial charge in [0, 0.05) is 37.6 Å². The summed E-state index contributed by atoms with van der Waals surface area (Å²) in [5.41, 5.74) is 1.91. The molecule has 1 aliphatic rings. The standard InChI is InChI=1S/C24H25N3O3/c1-26(19-9-11-21(12-10-19)30-20-7-3-2-4-8-20)17-23(28)18-15-22(25-16-18)24(29)27-13-5-6-14-27/h2-4,7-12,15-16,25H,5-6,13-14,17H2,1H3. The van der Waals surface area contributed by atoms with Crippen LogP contribution in [0.15, 0.2) is 66.9 Å². The summed E-state index contributed by atoms with van der Waals surface area (Å²) in [5, 5.41) is 0. The summed E-state index contributed by atoms with van der Waals surface area (Å²) in [4.78, 5) is 31.8. The summed E-state index contributed by atoms with van der Waals surface area (Å²) < 4.78 is 5.81. The van der Waals surface area contributed by atoms with E-state index >= 15 is 0 Å². The number of aromatic amines is 1. The number of rotatable bonds is 7. The number of benzene rings is 2. The van der Waals surface area contributed by atoms with Crippen molar-refractivity contribution in [2.45, 2.75) is 12.8 Å². The predicted molar refractivity (Wildman–Crippen MR) is 116 cm³/mol. The van der Waals surface area contributed by atoms with Gasteiger partial charge in [-0.25, -0.2) is 0 Å². The van der Waals surface area contributed by atoms with Gasteiger partial charge in [-0.2, -0.15) is 0 Å². The van der Waals surface area contributed by atoms with Crippen molar-refractivity contribution in [2.24, 2.45) is 0 Å². The van der Waals surface area contributed by atoms with Crippen LogP contribution in [0.1, 0.15) is 33.7 Å². The van der Waals surface area contributed by atoms with Gasteiger partial charge in [0.2, 0.25) is 0 Å². The Kier molecular flexibility index (Phi) is 5.84. The Bertz CT molecular complexity index is 1010. The number of H-pyrrole nitrogens is 1. The molecule has 30 heavy (non-hydrogen) atoms. The molecule has 0 bridgehead atoms. The second-order valence-electron chi connectivity index (χ2n) is 7.49. The molecule has 0 unspecified atom stereocenters. The third-order valence-electron chi connectivity index (χ3n) is 5.27. The third kappa shape index (κ3) is 4.54. The first-order chi connectivity index (χ1) is 14.6. The Balaban J connectivity index is 1.36. The summed E-state index contributed by atoms with van der Waals surface area (Å²) in [6.45, 7) is 1.79. The highest BCUT2D eigenvalue weighted by atomic mass is 16.5. The molecule has 1 aromatic heterocycles. The van der Waals surface area contributed by atoms with Gasteiger partial charge in [-0.15, -0.1) is 0 Å². The molecule has 3 aromatic rings. The number of carbonyl (C=O) groups is 2. The van der Waals surface area contributed by atoms with Gasteiger partial charge in [0.1, 0.15) is 17.2 Å². The maximum atomic E-state index is 12.7. The fourth-order valence-corrected chi connectivity index (χ4v) is 3.56. The molecule has 2 heterocycles. The number of ketones is 1. The van der Waals surface area contributed by atoms with E-state index in [9.17, 15) is 9.59 Å². The first kappa shape index (κ1) is 19.8. The SMILES string of the molecule is CN(CC(=O)c1c[nH]c(C(=O)N2CCCC2)c1)c1ccc(Oc2ccccc2)cc1. The van der Waals surface area contributed by atoms with E-state index in [1.54, 1.807) is 12.3 Å². The van der Waals surface area contributed by atoms with Crippen LogP contribution in [0.25, 0.3) is 0 Å². The zero-order valence-corrected chi connectivity index (χ0v) is 17.0. The number of aromatic nitrogens is 1. The van der Waals surface area contributed by atoms with Crippen molar-refractivity contribution < 1.29 is 14.3 Å². The fourth-order valence-electron chi connectivity index (χ4n) is 3.56. The number of anilines is 1. The van der Waals surface area contributed by atoms with Gasteiger partial charge < -0.3 is 19.5 Å². The minimum absolute atomic E-state index is 0.0334. The largest absolute Gasteiger partial charge is 0.457 e. The maximum Gasteiger partial charge on any atom is 0.270 e. The first-order valence-corrected chi connectivity index (χ1v) is 10.1. The molecule has 2 aromatic carbocycles. The van der Waals surface area contributed by atoms with Crippen LogP contribution in [0.2, 0.25) is 0 Å². The number of nitrogens with one attached hydrogen (secondary N) is 1. The van der Waals surface area contributed by atoms with Crippen LogP contribution in [-0.2, 0) is 0 Å². The molecule has 0 saturated carbocycles. The number of Topliss-reactive ketones (excluding diaryl/α,β-unsaturated/α-hetero) is 1. The molecule has 1 N–H and O–H groups in total. The number of hydrogen-bond donors (Lipinski definition) is 1. The van der Waals surface area contributed by atoms with Crippen LogP contribution in [0.5, 0.6) is 11.5 Å². The van der Waals surface area contributed by atoms with Crippen molar-refractivity contribution in [3.05, 3.63) is 78.1 Å². The number of amides is 1. The zero-order chi connectivity index (χ0) is 20.9. The van der Waals surface area contributed by atoms with E-state index in [1.165, 1.54) is 0 Å². The lowest BCUT2D eigenvalue weighted by atomic mass is 10.2. The van der Waals surface area contributed by atoms with Gasteiger partial charge in [0.05, 0.1) is 6.54 Å². The highest BCUT2D eigenvalue weighted by Crippen LogP contribution is 2.24. The molecular formula is C24H25N3O3. The van der Waals surface area contributed by atoms with E-state index in [1.807, 2.05) is 71.4 Å². The van der Waals surface area contributed by atoms with E-state index in [0.717, 1.165) is 43.1 Å². The van der Waals surface area contributed by atoms with Crippen molar-refractivity contribution in [1.82, 2.24) is 9.88 Å². The molecule has 1 amide bonds. The average molecular weight is 403 g/mol. The number of hydrogen-bond acceptors (Lipinski definition) is 4. The summed E-state index contributed by atoms with van der Waals surface area (Å²) in [5.74, 6) is 1.44.